The molecule has 0 spiro atoms. The normalized spacial score (nSPS) is 10.7. The number of nitrogens with two attached hydrogens (primary N) is 1. The maximum atomic E-state index is 13.2. The minimum Gasteiger partial charge on any atom is -0.364 e. The summed E-state index contributed by atoms with van der Waals surface area (Å²) in [6.45, 7) is 3.98. The maximum absolute atomic E-state index is 13.2. The SMILES string of the molecule is Cc1nn(Cc2ccncc2C#N)c(C)c1NC(=O)c1cc(C(N)=O)nc2ccccc12. The van der Waals surface area contributed by atoms with Gasteiger partial charge >= 0.3 is 0 Å². The molecule has 1 aromatic carbocycles. The number of anilines is 1. The molecular weight excluding hydrogens is 406 g/mol. The van der Waals surface area contributed by atoms with Crippen molar-refractivity contribution in [2.75, 3.05) is 5.32 Å². The van der Waals surface area contributed by atoms with Gasteiger partial charge in [0.1, 0.15) is 11.8 Å². The average molecular weight is 425 g/mol. The standard InChI is InChI=1S/C23H19N7O2/c1-13-21(14(2)30(29-13)12-15-7-8-26-11-16(15)10-24)28-23(32)18-9-20(22(25)31)27-19-6-4-3-5-17(18)19/h3-9,11H,12H2,1-2H3,(H2,25,31)(H,28,32). The molecule has 2 amide bonds. The van der Waals surface area contributed by atoms with Crippen molar-refractivity contribution in [2.45, 2.75) is 20.4 Å². The van der Waals surface area contributed by atoms with Crippen molar-refractivity contribution in [3.05, 3.63) is 82.6 Å². The molecular formula is C23H19N7O2. The van der Waals surface area contributed by atoms with Crippen molar-refractivity contribution in [1.82, 2.24) is 19.7 Å². The number of para-hydroxylation sites is 1. The van der Waals surface area contributed by atoms with Crippen LogP contribution in [0.1, 0.15) is 43.4 Å². The van der Waals surface area contributed by atoms with Crippen LogP contribution in [0.25, 0.3) is 10.9 Å². The summed E-state index contributed by atoms with van der Waals surface area (Å²) in [4.78, 5) is 33.1. The number of nitrogens with one attached hydrogen (secondary N) is 1. The topological polar surface area (TPSA) is 140 Å². The summed E-state index contributed by atoms with van der Waals surface area (Å²) in [5.74, 6) is -1.12. The first-order valence-electron chi connectivity index (χ1n) is 9.77. The van der Waals surface area contributed by atoms with Crippen LogP contribution < -0.4 is 11.1 Å². The van der Waals surface area contributed by atoms with E-state index >= 15 is 0 Å². The molecule has 0 saturated carbocycles. The molecule has 32 heavy (non-hydrogen) atoms. The second kappa shape index (κ2) is 8.28. The number of aryl methyl sites for hydroxylation is 1. The van der Waals surface area contributed by atoms with E-state index in [1.54, 1.807) is 48.1 Å². The third-order valence-corrected chi connectivity index (χ3v) is 5.19. The maximum Gasteiger partial charge on any atom is 0.267 e. The van der Waals surface area contributed by atoms with Crippen molar-refractivity contribution >= 4 is 28.4 Å². The summed E-state index contributed by atoms with van der Waals surface area (Å²) in [5.41, 5.74) is 9.35. The minimum atomic E-state index is -0.712. The molecule has 0 aliphatic carbocycles. The van der Waals surface area contributed by atoms with Crippen molar-refractivity contribution in [3.8, 4) is 6.07 Å². The van der Waals surface area contributed by atoms with Crippen LogP contribution in [0, 0.1) is 25.2 Å². The molecule has 0 saturated heterocycles. The summed E-state index contributed by atoms with van der Waals surface area (Å²) in [6, 6.07) is 12.3. The molecule has 0 fully saturated rings. The van der Waals surface area contributed by atoms with E-state index in [9.17, 15) is 14.9 Å². The zero-order valence-electron chi connectivity index (χ0n) is 17.5. The average Bonchev–Trinajstić information content (AvgIpc) is 3.05. The Balaban J connectivity index is 1.69. The summed E-state index contributed by atoms with van der Waals surface area (Å²) >= 11 is 0. The molecule has 0 aliphatic heterocycles. The summed E-state index contributed by atoms with van der Waals surface area (Å²) < 4.78 is 1.72. The predicted molar refractivity (Wildman–Crippen MR) is 118 cm³/mol. The molecule has 4 rings (SSSR count). The zero-order valence-corrected chi connectivity index (χ0v) is 17.5. The number of nitriles is 1. The number of nitrogens with zero attached hydrogens (tertiary/aromatic N) is 5. The fourth-order valence-corrected chi connectivity index (χ4v) is 3.53. The van der Waals surface area contributed by atoms with Crippen LogP contribution in [0.15, 0.2) is 48.8 Å². The van der Waals surface area contributed by atoms with Crippen LogP contribution in [0.5, 0.6) is 0 Å². The first-order valence-corrected chi connectivity index (χ1v) is 9.77. The van der Waals surface area contributed by atoms with Gasteiger partial charge in [-0.05, 0) is 37.6 Å². The van der Waals surface area contributed by atoms with Gasteiger partial charge in [-0.25, -0.2) is 4.98 Å². The monoisotopic (exact) mass is 425 g/mol. The summed E-state index contributed by atoms with van der Waals surface area (Å²) in [5, 5.41) is 17.3. The van der Waals surface area contributed by atoms with Crippen molar-refractivity contribution in [3.63, 3.8) is 0 Å². The van der Waals surface area contributed by atoms with Crippen molar-refractivity contribution in [1.29, 1.82) is 5.26 Å². The first-order chi connectivity index (χ1) is 15.4. The molecule has 0 unspecified atom stereocenters. The number of benzene rings is 1. The van der Waals surface area contributed by atoms with Crippen LogP contribution in [0.2, 0.25) is 0 Å². The molecule has 3 heterocycles. The Bertz CT molecular complexity index is 1420. The molecule has 0 aliphatic rings. The fraction of sp³-hybridized carbons (Fsp3) is 0.130. The molecule has 0 bridgehead atoms. The third kappa shape index (κ3) is 3.77. The molecule has 9 heteroatoms. The molecule has 0 atom stereocenters. The van der Waals surface area contributed by atoms with Gasteiger partial charge in [-0.2, -0.15) is 10.4 Å². The van der Waals surface area contributed by atoms with Crippen LogP contribution in [0.4, 0.5) is 5.69 Å². The lowest BCUT2D eigenvalue weighted by molar-refractivity contribution is 0.0996. The highest BCUT2D eigenvalue weighted by atomic mass is 16.2. The zero-order chi connectivity index (χ0) is 22.8. The quantitative estimate of drug-likeness (QED) is 0.504. The number of carbonyl (C=O) groups excluding carboxylic acids is 2. The van der Waals surface area contributed by atoms with Crippen LogP contribution in [0.3, 0.4) is 0 Å². The number of fused-ring (bicyclic) bond motifs is 1. The van der Waals surface area contributed by atoms with Crippen molar-refractivity contribution < 1.29 is 9.59 Å². The van der Waals surface area contributed by atoms with Crippen molar-refractivity contribution in [2.24, 2.45) is 5.73 Å². The number of carbonyl (C=O) groups is 2. The Hall–Kier alpha value is -4.58. The van der Waals surface area contributed by atoms with E-state index in [1.165, 1.54) is 12.3 Å². The lowest BCUT2D eigenvalue weighted by Gasteiger charge is -2.10. The van der Waals surface area contributed by atoms with E-state index in [2.05, 4.69) is 26.5 Å². The third-order valence-electron chi connectivity index (χ3n) is 5.19. The van der Waals surface area contributed by atoms with Gasteiger partial charge in [-0.3, -0.25) is 19.3 Å². The van der Waals surface area contributed by atoms with E-state index in [-0.39, 0.29) is 11.3 Å². The highest BCUT2D eigenvalue weighted by Gasteiger charge is 2.19. The Kier molecular flexibility index (Phi) is 5.35. The number of amides is 2. The number of pyridine rings is 2. The van der Waals surface area contributed by atoms with E-state index in [0.717, 1.165) is 11.3 Å². The second-order valence-electron chi connectivity index (χ2n) is 7.24. The number of aromatic nitrogens is 4. The van der Waals surface area contributed by atoms with E-state index in [1.807, 2.05) is 6.92 Å². The number of hydrogen-bond donors (Lipinski definition) is 2. The van der Waals surface area contributed by atoms with Gasteiger partial charge in [0.15, 0.2) is 0 Å². The first kappa shape index (κ1) is 20.7. The Labute approximate surface area is 183 Å². The summed E-state index contributed by atoms with van der Waals surface area (Å²) in [6.07, 6.45) is 3.13. The highest BCUT2D eigenvalue weighted by molar-refractivity contribution is 6.14. The van der Waals surface area contributed by atoms with Crippen LogP contribution in [-0.2, 0) is 6.54 Å². The minimum absolute atomic E-state index is 0.0136. The molecule has 0 radical (unpaired) electrons. The van der Waals surface area contributed by atoms with Gasteiger partial charge in [0.05, 0.1) is 40.3 Å². The highest BCUT2D eigenvalue weighted by Crippen LogP contribution is 2.24. The van der Waals surface area contributed by atoms with Crippen LogP contribution in [-0.4, -0.2) is 31.6 Å². The van der Waals surface area contributed by atoms with E-state index in [4.69, 9.17) is 5.73 Å². The Morgan fingerprint density at radius 2 is 2.00 bits per heavy atom. The Morgan fingerprint density at radius 1 is 1.22 bits per heavy atom. The Morgan fingerprint density at radius 3 is 2.75 bits per heavy atom. The second-order valence-corrected chi connectivity index (χ2v) is 7.24. The van der Waals surface area contributed by atoms with Gasteiger partial charge in [0.2, 0.25) is 0 Å². The molecule has 4 aromatic rings. The largest absolute Gasteiger partial charge is 0.364 e. The lowest BCUT2D eigenvalue weighted by atomic mass is 10.1. The van der Waals surface area contributed by atoms with Gasteiger partial charge in [-0.15, -0.1) is 0 Å². The van der Waals surface area contributed by atoms with Gasteiger partial charge < -0.3 is 11.1 Å². The molecule has 3 N–H and O–H groups in total. The number of rotatable bonds is 5. The van der Waals surface area contributed by atoms with Gasteiger partial charge in [0, 0.05) is 17.8 Å². The van der Waals surface area contributed by atoms with E-state index < -0.39 is 11.8 Å². The molecule has 158 valence electrons. The predicted octanol–water partition coefficient (Wildman–Crippen LogP) is 2.71. The molecule has 9 nitrogen and oxygen atoms in total. The van der Waals surface area contributed by atoms with Gasteiger partial charge in [0.25, 0.3) is 11.8 Å². The summed E-state index contributed by atoms with van der Waals surface area (Å²) in [7, 11) is 0. The van der Waals surface area contributed by atoms with Crippen LogP contribution >= 0.6 is 0 Å². The van der Waals surface area contributed by atoms with Gasteiger partial charge in [-0.1, -0.05) is 18.2 Å². The fourth-order valence-electron chi connectivity index (χ4n) is 3.53. The number of primary amides is 1. The lowest BCUT2D eigenvalue weighted by Crippen LogP contribution is -2.18. The number of hydrogen-bond acceptors (Lipinski definition) is 6. The molecule has 3 aromatic heterocycles. The smallest absolute Gasteiger partial charge is 0.267 e. The van der Waals surface area contributed by atoms with E-state index in [0.29, 0.717) is 34.4 Å².